The number of ether oxygens (including phenoxy) is 1. The molecule has 0 amide bonds. The van der Waals surface area contributed by atoms with Gasteiger partial charge in [0, 0.05) is 0 Å². The molecule has 0 fully saturated rings. The molecule has 0 bridgehead atoms. The summed E-state index contributed by atoms with van der Waals surface area (Å²) in [7, 11) is 0. The van der Waals surface area contributed by atoms with Gasteiger partial charge in [-0.25, -0.2) is 4.79 Å². The lowest BCUT2D eigenvalue weighted by Gasteiger charge is -1.99. The first-order valence-corrected chi connectivity index (χ1v) is 5.14. The van der Waals surface area contributed by atoms with Gasteiger partial charge in [-0.2, -0.15) is 9.61 Å². The number of fused-ring (bicyclic) bond motifs is 1. The Balaban J connectivity index is 2.35. The number of hydrogen-bond acceptors (Lipinski definition) is 8. The van der Waals surface area contributed by atoms with Crippen LogP contribution in [0.4, 0.5) is 0 Å². The Kier molecular flexibility index (Phi) is 2.77. The zero-order chi connectivity index (χ0) is 11.5. The number of carbonyl (C=O) groups is 1. The summed E-state index contributed by atoms with van der Waals surface area (Å²) in [6.45, 7) is 1.85. The molecule has 0 spiro atoms. The van der Waals surface area contributed by atoms with Crippen LogP contribution in [0.3, 0.4) is 0 Å². The van der Waals surface area contributed by atoms with Crippen molar-refractivity contribution >= 4 is 28.0 Å². The van der Waals surface area contributed by atoms with E-state index in [1.54, 1.807) is 6.92 Å². The molecule has 0 unspecified atom stereocenters. The summed E-state index contributed by atoms with van der Waals surface area (Å²) in [6, 6.07) is 0. The molecule has 0 aliphatic rings. The fraction of sp³-hybridized carbons (Fsp3) is 0.286. The molecular weight excluding hydrogens is 234 g/mol. The van der Waals surface area contributed by atoms with Gasteiger partial charge in [-0.3, -0.25) is 0 Å². The Hall–Kier alpha value is -2.03. The van der Waals surface area contributed by atoms with E-state index < -0.39 is 5.97 Å². The van der Waals surface area contributed by atoms with Crippen molar-refractivity contribution in [1.29, 1.82) is 0 Å². The molecule has 16 heavy (non-hydrogen) atoms. The lowest BCUT2D eigenvalue weighted by Crippen LogP contribution is -2.18. The van der Waals surface area contributed by atoms with E-state index in [-0.39, 0.29) is 17.3 Å². The van der Waals surface area contributed by atoms with Crippen LogP contribution in [0.15, 0.2) is 11.5 Å². The van der Waals surface area contributed by atoms with Crippen LogP contribution in [0.1, 0.15) is 11.9 Å². The van der Waals surface area contributed by atoms with Crippen molar-refractivity contribution in [2.24, 2.45) is 5.16 Å². The average molecular weight is 241 g/mol. The van der Waals surface area contributed by atoms with E-state index in [0.29, 0.717) is 4.96 Å². The van der Waals surface area contributed by atoms with E-state index in [2.05, 4.69) is 20.5 Å². The molecule has 9 heteroatoms. The summed E-state index contributed by atoms with van der Waals surface area (Å²) in [5.74, 6) is -0.727. The summed E-state index contributed by atoms with van der Waals surface area (Å²) in [5.41, 5.74) is -0.239. The molecule has 0 saturated carbocycles. The minimum Gasteiger partial charge on any atom is -0.461 e. The Morgan fingerprint density at radius 3 is 3.19 bits per heavy atom. The van der Waals surface area contributed by atoms with Crippen LogP contribution in [-0.2, 0) is 9.53 Å². The van der Waals surface area contributed by atoms with Crippen molar-refractivity contribution < 1.29 is 14.7 Å². The fourth-order valence-electron chi connectivity index (χ4n) is 1.03. The summed E-state index contributed by atoms with van der Waals surface area (Å²) in [5, 5.41) is 23.2. The highest BCUT2D eigenvalue weighted by Gasteiger charge is 2.21. The summed E-state index contributed by atoms with van der Waals surface area (Å²) >= 11 is 1.08. The first-order chi connectivity index (χ1) is 7.76. The second kappa shape index (κ2) is 4.23. The van der Waals surface area contributed by atoms with Crippen molar-refractivity contribution in [1.82, 2.24) is 19.8 Å². The molecule has 2 aromatic rings. The van der Waals surface area contributed by atoms with Crippen LogP contribution in [0, 0.1) is 0 Å². The maximum Gasteiger partial charge on any atom is 0.363 e. The molecule has 0 saturated heterocycles. The highest BCUT2D eigenvalue weighted by molar-refractivity contribution is 7.19. The molecule has 0 atom stereocenters. The number of aromatic nitrogens is 4. The fourth-order valence-corrected chi connectivity index (χ4v) is 1.82. The second-order valence-electron chi connectivity index (χ2n) is 2.63. The smallest absolute Gasteiger partial charge is 0.363 e. The summed E-state index contributed by atoms with van der Waals surface area (Å²) in [6.07, 6.45) is 1.38. The lowest BCUT2D eigenvalue weighted by atomic mass is 10.4. The number of oxime groups is 1. The third-order valence-electron chi connectivity index (χ3n) is 1.66. The van der Waals surface area contributed by atoms with Crippen molar-refractivity contribution in [2.45, 2.75) is 6.92 Å². The summed E-state index contributed by atoms with van der Waals surface area (Å²) in [4.78, 5) is 11.9. The Morgan fingerprint density at radius 2 is 2.56 bits per heavy atom. The first kappa shape index (κ1) is 10.5. The predicted octanol–water partition coefficient (Wildman–Crippen LogP) is -0.0728. The van der Waals surface area contributed by atoms with Gasteiger partial charge in [-0.05, 0) is 6.92 Å². The highest BCUT2D eigenvalue weighted by Crippen LogP contribution is 2.13. The Bertz CT molecular complexity index is 516. The average Bonchev–Trinajstić information content (AvgIpc) is 2.79. The maximum absolute atomic E-state index is 11.4. The van der Waals surface area contributed by atoms with E-state index in [9.17, 15) is 4.79 Å². The molecule has 0 radical (unpaired) electrons. The minimum atomic E-state index is -0.727. The molecule has 2 aromatic heterocycles. The van der Waals surface area contributed by atoms with Crippen molar-refractivity contribution in [2.75, 3.05) is 6.61 Å². The van der Waals surface area contributed by atoms with Crippen LogP contribution in [0.5, 0.6) is 0 Å². The van der Waals surface area contributed by atoms with Gasteiger partial charge in [0.1, 0.15) is 6.33 Å². The van der Waals surface area contributed by atoms with Crippen molar-refractivity contribution in [3.63, 3.8) is 0 Å². The Labute approximate surface area is 93.2 Å². The van der Waals surface area contributed by atoms with Gasteiger partial charge in [0.25, 0.3) is 0 Å². The first-order valence-electron chi connectivity index (χ1n) is 4.32. The molecule has 2 rings (SSSR count). The third kappa shape index (κ3) is 1.72. The number of nitrogens with zero attached hydrogens (tertiary/aromatic N) is 5. The predicted molar refractivity (Wildman–Crippen MR) is 53.6 cm³/mol. The van der Waals surface area contributed by atoms with Crippen LogP contribution in [-0.4, -0.2) is 43.3 Å². The van der Waals surface area contributed by atoms with E-state index in [0.717, 1.165) is 11.3 Å². The van der Waals surface area contributed by atoms with Crippen LogP contribution < -0.4 is 0 Å². The van der Waals surface area contributed by atoms with Gasteiger partial charge >= 0.3 is 5.97 Å². The van der Waals surface area contributed by atoms with E-state index >= 15 is 0 Å². The lowest BCUT2D eigenvalue weighted by molar-refractivity contribution is -0.135. The highest BCUT2D eigenvalue weighted by atomic mass is 32.1. The largest absolute Gasteiger partial charge is 0.461 e. The quantitative estimate of drug-likeness (QED) is 0.349. The van der Waals surface area contributed by atoms with Gasteiger partial charge in [-0.15, -0.1) is 10.2 Å². The van der Waals surface area contributed by atoms with E-state index in [4.69, 9.17) is 9.94 Å². The molecule has 8 nitrogen and oxygen atoms in total. The summed E-state index contributed by atoms with van der Waals surface area (Å²) < 4.78 is 6.09. The topological polar surface area (TPSA) is 102 Å². The Morgan fingerprint density at radius 1 is 1.75 bits per heavy atom. The standard InChI is InChI=1S/C7H7N5O3S/c1-2-15-6(13)4(11-14)5-10-12-3-8-9-7(12)16-5/h3,14H,2H2,1H3. The molecule has 1 N–H and O–H groups in total. The number of hydrogen-bond donors (Lipinski definition) is 1. The van der Waals surface area contributed by atoms with Crippen LogP contribution in [0.25, 0.3) is 4.96 Å². The zero-order valence-electron chi connectivity index (χ0n) is 8.19. The van der Waals surface area contributed by atoms with Crippen molar-refractivity contribution in [3.8, 4) is 0 Å². The molecule has 84 valence electrons. The van der Waals surface area contributed by atoms with Crippen LogP contribution in [0.2, 0.25) is 0 Å². The second-order valence-corrected chi connectivity index (χ2v) is 3.59. The van der Waals surface area contributed by atoms with Gasteiger partial charge in [0.2, 0.25) is 10.7 Å². The van der Waals surface area contributed by atoms with Crippen LogP contribution >= 0.6 is 11.3 Å². The molecule has 0 aliphatic heterocycles. The molecule has 0 aromatic carbocycles. The SMILES string of the molecule is CCOC(=O)C(=NO)c1nn2cnnc2s1. The maximum atomic E-state index is 11.4. The van der Waals surface area contributed by atoms with E-state index in [1.165, 1.54) is 10.8 Å². The number of esters is 1. The monoisotopic (exact) mass is 241 g/mol. The van der Waals surface area contributed by atoms with Gasteiger partial charge < -0.3 is 9.94 Å². The van der Waals surface area contributed by atoms with Crippen molar-refractivity contribution in [3.05, 3.63) is 11.3 Å². The third-order valence-corrected chi connectivity index (χ3v) is 2.58. The van der Waals surface area contributed by atoms with Gasteiger partial charge in [0.15, 0.2) is 5.01 Å². The molecule has 0 aliphatic carbocycles. The normalized spacial score (nSPS) is 11.9. The number of carbonyl (C=O) groups excluding carboxylic acids is 1. The number of rotatable bonds is 3. The van der Waals surface area contributed by atoms with Gasteiger partial charge in [0.05, 0.1) is 6.61 Å². The van der Waals surface area contributed by atoms with Gasteiger partial charge in [-0.1, -0.05) is 16.5 Å². The van der Waals surface area contributed by atoms with E-state index in [1.807, 2.05) is 0 Å². The zero-order valence-corrected chi connectivity index (χ0v) is 9.01. The minimum absolute atomic E-state index is 0.196. The molecular formula is C7H7N5O3S. The molecule has 2 heterocycles.